The summed E-state index contributed by atoms with van der Waals surface area (Å²) in [6.45, 7) is 18.8. The number of nitrogens with one attached hydrogen (secondary N) is 3. The highest BCUT2D eigenvalue weighted by Gasteiger charge is 2.54. The van der Waals surface area contributed by atoms with E-state index in [0.29, 0.717) is 49.5 Å². The summed E-state index contributed by atoms with van der Waals surface area (Å²) >= 11 is 0. The largest absolute Gasteiger partial charge is 0.400 e. The SMILES string of the molecule is CCC.CCC(C)C(C(CC)OC)N(C)C(=O)CNC(=O)C(NC)C(C)C.CO.COC(C(C)C)C1CC2CC2N1C=O.O=CNC(C=O)CC1CC=CC=C1F. The molecule has 1 heterocycles. The van der Waals surface area contributed by atoms with E-state index < -0.39 is 6.04 Å². The smallest absolute Gasteiger partial charge is 0.242 e. The number of aliphatic hydroxyl groups is 1. The van der Waals surface area contributed by atoms with Crippen LogP contribution in [0.5, 0.6) is 0 Å². The van der Waals surface area contributed by atoms with Crippen LogP contribution in [-0.2, 0) is 33.4 Å². The predicted octanol–water partition coefficient (Wildman–Crippen LogP) is 5.07. The molecule has 10 unspecified atom stereocenters. The summed E-state index contributed by atoms with van der Waals surface area (Å²) in [6, 6.07) is -0.0336. The van der Waals surface area contributed by atoms with Gasteiger partial charge in [-0.05, 0) is 68.9 Å². The second kappa shape index (κ2) is 31.7. The number of amides is 4. The Morgan fingerprint density at radius 3 is 2.04 bits per heavy atom. The Kier molecular flexibility index (Phi) is 31.1. The summed E-state index contributed by atoms with van der Waals surface area (Å²) in [5.41, 5.74) is 0. The maximum Gasteiger partial charge on any atom is 0.242 e. The molecule has 10 atom stereocenters. The van der Waals surface area contributed by atoms with Crippen molar-refractivity contribution >= 4 is 30.9 Å². The van der Waals surface area contributed by atoms with Crippen LogP contribution in [-0.4, -0.2) is 130 Å². The van der Waals surface area contributed by atoms with E-state index in [4.69, 9.17) is 14.6 Å². The molecule has 0 bridgehead atoms. The number of aldehydes is 1. The first-order chi connectivity index (χ1) is 27.1. The number of hydrogen-bond acceptors (Lipinski definition) is 9. The lowest BCUT2D eigenvalue weighted by Crippen LogP contribution is -2.53. The first kappa shape index (κ1) is 55.9. The van der Waals surface area contributed by atoms with Gasteiger partial charge in [-0.3, -0.25) is 19.2 Å². The fourth-order valence-electron chi connectivity index (χ4n) is 7.40. The quantitative estimate of drug-likeness (QED) is 0.123. The fourth-order valence-corrected chi connectivity index (χ4v) is 7.40. The van der Waals surface area contributed by atoms with Crippen LogP contribution in [0.1, 0.15) is 107 Å². The standard InChI is InChI=1S/C18H37N3O3.C11H19NO2.C10H12FNO2.C3H8.CH4O/c1-9-13(5)17(14(10-2)24-8)21(7)15(22)11-20-18(23)16(19-6)12(3)4;1-7(2)11(14-3)10-5-8-4-9(8)12(10)6-13;11-10-4-2-1-3-8(10)5-9(6-13)12-7-14;1-3-2;1-2/h12-14,16-17,19H,9-11H2,1-8H3,(H,20,23);6-11H,4-5H2,1-3H3;1-2,4,6-9H,3,5H2,(H,12,14);3H2,1-2H3;2H,1H3. The predicted molar refractivity (Wildman–Crippen MR) is 226 cm³/mol. The molecule has 1 saturated heterocycles. The lowest BCUT2D eigenvalue weighted by molar-refractivity contribution is -0.138. The normalized spacial score (nSPS) is 21.9. The van der Waals surface area contributed by atoms with Crippen molar-refractivity contribution in [3.63, 3.8) is 0 Å². The van der Waals surface area contributed by atoms with Gasteiger partial charge < -0.3 is 45.1 Å². The molecular formula is C43H80FN5O8. The number of halogens is 1. The third-order valence-corrected chi connectivity index (χ3v) is 10.6. The van der Waals surface area contributed by atoms with Gasteiger partial charge in [0.25, 0.3) is 0 Å². The van der Waals surface area contributed by atoms with Crippen molar-refractivity contribution in [2.24, 2.45) is 29.6 Å². The first-order valence-corrected chi connectivity index (χ1v) is 20.7. The van der Waals surface area contributed by atoms with Crippen molar-refractivity contribution in [1.82, 2.24) is 25.8 Å². The molecule has 3 aliphatic rings. The molecule has 14 heteroatoms. The van der Waals surface area contributed by atoms with Gasteiger partial charge in [-0.2, -0.15) is 0 Å². The van der Waals surface area contributed by atoms with Crippen LogP contribution in [0.2, 0.25) is 0 Å². The molecular weight excluding hydrogens is 733 g/mol. The number of rotatable bonds is 20. The maximum atomic E-state index is 13.2. The van der Waals surface area contributed by atoms with Gasteiger partial charge in [0.15, 0.2) is 0 Å². The highest BCUT2D eigenvalue weighted by Crippen LogP contribution is 2.48. The van der Waals surface area contributed by atoms with Gasteiger partial charge in [-0.15, -0.1) is 0 Å². The molecule has 0 aromatic heterocycles. The molecule has 2 aliphatic carbocycles. The number of fused-ring (bicyclic) bond motifs is 1. The summed E-state index contributed by atoms with van der Waals surface area (Å²) in [5, 5.41) is 15.1. The summed E-state index contributed by atoms with van der Waals surface area (Å²) in [7, 11) is 7.98. The lowest BCUT2D eigenvalue weighted by atomic mass is 9.91. The van der Waals surface area contributed by atoms with Crippen LogP contribution in [0.25, 0.3) is 0 Å². The molecule has 0 aromatic carbocycles. The highest BCUT2D eigenvalue weighted by atomic mass is 19.1. The number of carbonyl (C=O) groups is 5. The average molecular weight is 814 g/mol. The molecule has 0 aromatic rings. The number of hydrogen-bond donors (Lipinski definition) is 4. The van der Waals surface area contributed by atoms with Crippen molar-refractivity contribution in [3.05, 3.63) is 24.1 Å². The topological polar surface area (TPSA) is 167 Å². The monoisotopic (exact) mass is 814 g/mol. The summed E-state index contributed by atoms with van der Waals surface area (Å²) in [6.07, 6.45) is 13.5. The molecule has 3 rings (SSSR count). The minimum atomic E-state index is -0.594. The Balaban J connectivity index is 0. The minimum Gasteiger partial charge on any atom is -0.400 e. The Morgan fingerprint density at radius 2 is 1.61 bits per heavy atom. The van der Waals surface area contributed by atoms with E-state index in [2.05, 4.69) is 64.4 Å². The minimum absolute atomic E-state index is 0.000372. The number of piperidine rings is 1. The number of likely N-dealkylation sites (N-methyl/N-ethyl adjacent to an activating group) is 2. The third-order valence-electron chi connectivity index (χ3n) is 10.6. The van der Waals surface area contributed by atoms with E-state index in [9.17, 15) is 28.4 Å². The van der Waals surface area contributed by atoms with Gasteiger partial charge in [-0.25, -0.2) is 4.39 Å². The van der Waals surface area contributed by atoms with Gasteiger partial charge in [0.05, 0.1) is 42.9 Å². The summed E-state index contributed by atoms with van der Waals surface area (Å²) < 4.78 is 24.2. The van der Waals surface area contributed by atoms with E-state index in [0.717, 1.165) is 38.7 Å². The number of nitrogens with zero attached hydrogens (tertiary/aromatic N) is 2. The molecule has 57 heavy (non-hydrogen) atoms. The van der Waals surface area contributed by atoms with E-state index in [-0.39, 0.29) is 60.3 Å². The highest BCUT2D eigenvalue weighted by molar-refractivity contribution is 5.87. The van der Waals surface area contributed by atoms with Crippen LogP contribution in [0, 0.1) is 29.6 Å². The molecule has 1 saturated carbocycles. The van der Waals surface area contributed by atoms with E-state index in [1.165, 1.54) is 18.9 Å². The van der Waals surface area contributed by atoms with E-state index >= 15 is 0 Å². The third kappa shape index (κ3) is 19.4. The molecule has 2 fully saturated rings. The van der Waals surface area contributed by atoms with Crippen molar-refractivity contribution in [1.29, 1.82) is 0 Å². The Labute approximate surface area is 344 Å². The Morgan fingerprint density at radius 1 is 1.00 bits per heavy atom. The lowest BCUT2D eigenvalue weighted by Gasteiger charge is -2.37. The van der Waals surface area contributed by atoms with E-state index in [1.807, 2.05) is 24.8 Å². The first-order valence-electron chi connectivity index (χ1n) is 20.7. The van der Waals surface area contributed by atoms with Crippen LogP contribution >= 0.6 is 0 Å². The average Bonchev–Trinajstić information content (AvgIpc) is 3.87. The number of allylic oxidation sites excluding steroid dienone is 4. The van der Waals surface area contributed by atoms with Crippen molar-refractivity contribution in [2.75, 3.05) is 42.0 Å². The van der Waals surface area contributed by atoms with E-state index in [1.54, 1.807) is 39.3 Å². The van der Waals surface area contributed by atoms with Crippen LogP contribution in [0.4, 0.5) is 4.39 Å². The molecule has 1 aliphatic heterocycles. The van der Waals surface area contributed by atoms with Crippen LogP contribution in [0.15, 0.2) is 24.1 Å². The number of ether oxygens (including phenoxy) is 2. The Bertz CT molecular complexity index is 1180. The van der Waals surface area contributed by atoms with Gasteiger partial charge in [0.2, 0.25) is 24.6 Å². The molecule has 0 spiro atoms. The summed E-state index contributed by atoms with van der Waals surface area (Å²) in [4.78, 5) is 60.0. The maximum absolute atomic E-state index is 13.2. The fraction of sp³-hybridized carbons (Fsp3) is 0.791. The van der Waals surface area contributed by atoms with Gasteiger partial charge in [-0.1, -0.05) is 87.3 Å². The zero-order valence-corrected chi connectivity index (χ0v) is 37.6. The van der Waals surface area contributed by atoms with Gasteiger partial charge >= 0.3 is 0 Å². The molecule has 332 valence electrons. The zero-order valence-electron chi connectivity index (χ0n) is 37.6. The van der Waals surface area contributed by atoms with Crippen molar-refractivity contribution < 1.29 is 42.9 Å². The van der Waals surface area contributed by atoms with Crippen molar-refractivity contribution in [3.8, 4) is 0 Å². The number of methoxy groups -OCH3 is 2. The van der Waals surface area contributed by atoms with Gasteiger partial charge in [0, 0.05) is 40.3 Å². The molecule has 13 nitrogen and oxygen atoms in total. The number of likely N-dealkylation sites (tertiary alicyclic amines) is 1. The zero-order chi connectivity index (χ0) is 44.2. The van der Waals surface area contributed by atoms with Crippen molar-refractivity contribution in [2.45, 2.75) is 150 Å². The van der Waals surface area contributed by atoms with Crippen LogP contribution < -0.4 is 16.0 Å². The summed E-state index contributed by atoms with van der Waals surface area (Å²) in [5.74, 6) is 0.964. The second-order valence-corrected chi connectivity index (χ2v) is 15.5. The molecule has 4 N–H and O–H groups in total. The number of carbonyl (C=O) groups excluding carboxylic acids is 5. The molecule has 0 radical (unpaired) electrons. The second-order valence-electron chi connectivity index (χ2n) is 15.5. The number of aliphatic hydroxyl groups excluding tert-OH is 1. The van der Waals surface area contributed by atoms with Crippen LogP contribution in [0.3, 0.4) is 0 Å². The van der Waals surface area contributed by atoms with Gasteiger partial charge in [0.1, 0.15) is 12.1 Å². The molecule has 4 amide bonds. The Hall–Kier alpha value is -3.20.